The number of rotatable bonds is 2. The van der Waals surface area contributed by atoms with E-state index in [4.69, 9.17) is 0 Å². The van der Waals surface area contributed by atoms with E-state index in [0.717, 1.165) is 13.1 Å². The fraction of sp³-hybridized carbons (Fsp3) is 0.600. The summed E-state index contributed by atoms with van der Waals surface area (Å²) < 4.78 is 1.21. The number of nitrogens with one attached hydrogen (secondary N) is 1. The van der Waals surface area contributed by atoms with Crippen molar-refractivity contribution in [2.24, 2.45) is 0 Å². The molecule has 0 spiro atoms. The van der Waals surface area contributed by atoms with Gasteiger partial charge in [0, 0.05) is 29.1 Å². The third kappa shape index (κ3) is 2.89. The van der Waals surface area contributed by atoms with Crippen LogP contribution < -0.4 is 10.2 Å². The van der Waals surface area contributed by atoms with Crippen molar-refractivity contribution in [3.8, 4) is 0 Å². The van der Waals surface area contributed by atoms with E-state index in [-0.39, 0.29) is 5.54 Å². The van der Waals surface area contributed by atoms with Crippen LogP contribution in [0.4, 0.5) is 5.69 Å². The zero-order valence-corrected chi connectivity index (χ0v) is 13.3. The van der Waals surface area contributed by atoms with Gasteiger partial charge in [-0.25, -0.2) is 0 Å². The summed E-state index contributed by atoms with van der Waals surface area (Å²) in [6.45, 7) is 11.0. The van der Waals surface area contributed by atoms with Gasteiger partial charge in [-0.2, -0.15) is 0 Å². The lowest BCUT2D eigenvalue weighted by atomic mass is 9.96. The zero-order chi connectivity index (χ0) is 13.3. The molecule has 1 saturated heterocycles. The number of aryl methyl sites for hydroxylation is 1. The molecule has 1 unspecified atom stereocenters. The normalized spacial score (nSPS) is 23.2. The first-order valence-electron chi connectivity index (χ1n) is 6.71. The lowest BCUT2D eigenvalue weighted by Crippen LogP contribution is -2.61. The second-order valence-corrected chi connectivity index (χ2v) is 6.76. The molecule has 2 nitrogen and oxygen atoms in total. The molecule has 0 saturated carbocycles. The lowest BCUT2D eigenvalue weighted by Gasteiger charge is -2.46. The molecule has 1 aliphatic heterocycles. The van der Waals surface area contributed by atoms with E-state index in [1.54, 1.807) is 0 Å². The lowest BCUT2D eigenvalue weighted by molar-refractivity contribution is 0.306. The number of benzene rings is 1. The average molecular weight is 311 g/mol. The van der Waals surface area contributed by atoms with Crippen LogP contribution in [0.15, 0.2) is 22.7 Å². The quantitative estimate of drug-likeness (QED) is 0.895. The van der Waals surface area contributed by atoms with Gasteiger partial charge in [-0.3, -0.25) is 0 Å². The van der Waals surface area contributed by atoms with Gasteiger partial charge >= 0.3 is 0 Å². The number of hydrogen-bond acceptors (Lipinski definition) is 2. The highest BCUT2D eigenvalue weighted by Crippen LogP contribution is 2.32. The van der Waals surface area contributed by atoms with Crippen LogP contribution in [-0.2, 0) is 0 Å². The average Bonchev–Trinajstić information content (AvgIpc) is 2.28. The van der Waals surface area contributed by atoms with Gasteiger partial charge in [-0.1, -0.05) is 13.0 Å². The molecular weight excluding hydrogens is 288 g/mol. The molecule has 0 aromatic heterocycles. The molecule has 0 bridgehead atoms. The molecule has 18 heavy (non-hydrogen) atoms. The van der Waals surface area contributed by atoms with Crippen molar-refractivity contribution in [2.45, 2.75) is 45.7 Å². The fourth-order valence-electron chi connectivity index (χ4n) is 2.61. The number of anilines is 1. The van der Waals surface area contributed by atoms with Crippen LogP contribution in [0.5, 0.6) is 0 Å². The van der Waals surface area contributed by atoms with Gasteiger partial charge in [-0.05, 0) is 60.8 Å². The molecule has 100 valence electrons. The number of halogens is 1. The van der Waals surface area contributed by atoms with Crippen molar-refractivity contribution in [1.29, 1.82) is 0 Å². The SMILES string of the molecule is CCC1CNC(C)(C)CN1c1ccc(C)cc1Br. The van der Waals surface area contributed by atoms with Crippen LogP contribution in [0.1, 0.15) is 32.8 Å². The molecule has 2 rings (SSSR count). The Labute approximate surface area is 119 Å². The molecule has 0 aliphatic carbocycles. The van der Waals surface area contributed by atoms with Crippen molar-refractivity contribution >= 4 is 21.6 Å². The van der Waals surface area contributed by atoms with Crippen molar-refractivity contribution in [3.05, 3.63) is 28.2 Å². The smallest absolute Gasteiger partial charge is 0.0514 e. The third-order valence-corrected chi connectivity index (χ3v) is 4.34. The zero-order valence-electron chi connectivity index (χ0n) is 11.8. The maximum Gasteiger partial charge on any atom is 0.0514 e. The molecule has 1 fully saturated rings. The Kier molecular flexibility index (Phi) is 4.02. The van der Waals surface area contributed by atoms with E-state index < -0.39 is 0 Å². The molecule has 1 N–H and O–H groups in total. The van der Waals surface area contributed by atoms with Gasteiger partial charge in [0.15, 0.2) is 0 Å². The Balaban J connectivity index is 2.32. The Morgan fingerprint density at radius 2 is 2.17 bits per heavy atom. The van der Waals surface area contributed by atoms with Gasteiger partial charge in [-0.15, -0.1) is 0 Å². The van der Waals surface area contributed by atoms with Crippen molar-refractivity contribution < 1.29 is 0 Å². The van der Waals surface area contributed by atoms with E-state index in [2.05, 4.69) is 72.0 Å². The Morgan fingerprint density at radius 1 is 1.44 bits per heavy atom. The van der Waals surface area contributed by atoms with Crippen molar-refractivity contribution in [1.82, 2.24) is 5.32 Å². The molecule has 1 aliphatic rings. The predicted molar refractivity (Wildman–Crippen MR) is 82.4 cm³/mol. The third-order valence-electron chi connectivity index (χ3n) is 3.71. The molecule has 3 heteroatoms. The monoisotopic (exact) mass is 310 g/mol. The van der Waals surface area contributed by atoms with Crippen LogP contribution in [0.2, 0.25) is 0 Å². The summed E-state index contributed by atoms with van der Waals surface area (Å²) in [5, 5.41) is 3.63. The van der Waals surface area contributed by atoms with Gasteiger partial charge in [0.2, 0.25) is 0 Å². The first-order valence-corrected chi connectivity index (χ1v) is 7.50. The minimum Gasteiger partial charge on any atom is -0.365 e. The Hall–Kier alpha value is -0.540. The highest BCUT2D eigenvalue weighted by molar-refractivity contribution is 9.10. The first kappa shape index (κ1) is 13.9. The van der Waals surface area contributed by atoms with Crippen LogP contribution in [0, 0.1) is 6.92 Å². The van der Waals surface area contributed by atoms with Gasteiger partial charge < -0.3 is 10.2 Å². The molecule has 1 atom stereocenters. The summed E-state index contributed by atoms with van der Waals surface area (Å²) in [6, 6.07) is 7.22. The molecule has 1 aromatic rings. The van der Waals surface area contributed by atoms with Gasteiger partial charge in [0.05, 0.1) is 5.69 Å². The second kappa shape index (κ2) is 5.22. The Bertz CT molecular complexity index is 429. The summed E-state index contributed by atoms with van der Waals surface area (Å²) in [4.78, 5) is 2.54. The minimum atomic E-state index is 0.177. The summed E-state index contributed by atoms with van der Waals surface area (Å²) in [7, 11) is 0. The fourth-order valence-corrected chi connectivity index (χ4v) is 3.33. The first-order chi connectivity index (χ1) is 8.43. The largest absolute Gasteiger partial charge is 0.365 e. The van der Waals surface area contributed by atoms with Gasteiger partial charge in [0.1, 0.15) is 0 Å². The topological polar surface area (TPSA) is 15.3 Å². The second-order valence-electron chi connectivity index (χ2n) is 5.91. The summed E-state index contributed by atoms with van der Waals surface area (Å²) in [5.74, 6) is 0. The van der Waals surface area contributed by atoms with E-state index in [1.807, 2.05) is 0 Å². The van der Waals surface area contributed by atoms with Gasteiger partial charge in [0.25, 0.3) is 0 Å². The molecule has 0 radical (unpaired) electrons. The highest BCUT2D eigenvalue weighted by atomic mass is 79.9. The van der Waals surface area contributed by atoms with Crippen LogP contribution in [0.25, 0.3) is 0 Å². The van der Waals surface area contributed by atoms with Crippen LogP contribution >= 0.6 is 15.9 Å². The standard InChI is InChI=1S/C15H23BrN2/c1-5-12-9-17-15(3,4)10-18(12)14-7-6-11(2)8-13(14)16/h6-8,12,17H,5,9-10H2,1-4H3. The maximum atomic E-state index is 3.71. The number of nitrogens with zero attached hydrogens (tertiary/aromatic N) is 1. The van der Waals surface area contributed by atoms with Crippen molar-refractivity contribution in [3.63, 3.8) is 0 Å². The molecule has 1 aromatic carbocycles. The van der Waals surface area contributed by atoms with Crippen molar-refractivity contribution in [2.75, 3.05) is 18.0 Å². The highest BCUT2D eigenvalue weighted by Gasteiger charge is 2.32. The summed E-state index contributed by atoms with van der Waals surface area (Å²) in [5.41, 5.74) is 2.80. The predicted octanol–water partition coefficient (Wildman–Crippen LogP) is 3.72. The minimum absolute atomic E-state index is 0.177. The molecular formula is C15H23BrN2. The summed E-state index contributed by atoms with van der Waals surface area (Å²) >= 11 is 3.71. The van der Waals surface area contributed by atoms with E-state index in [1.165, 1.54) is 22.1 Å². The van der Waals surface area contributed by atoms with E-state index in [9.17, 15) is 0 Å². The molecule has 1 heterocycles. The van der Waals surface area contributed by atoms with Crippen LogP contribution in [0.3, 0.4) is 0 Å². The Morgan fingerprint density at radius 3 is 2.78 bits per heavy atom. The number of piperazine rings is 1. The maximum absolute atomic E-state index is 3.71. The van der Waals surface area contributed by atoms with E-state index >= 15 is 0 Å². The number of hydrogen-bond donors (Lipinski definition) is 1. The van der Waals surface area contributed by atoms with E-state index in [0.29, 0.717) is 6.04 Å². The summed E-state index contributed by atoms with van der Waals surface area (Å²) in [6.07, 6.45) is 1.17. The van der Waals surface area contributed by atoms with Crippen LogP contribution in [-0.4, -0.2) is 24.7 Å². The molecule has 0 amide bonds.